The molecule has 0 N–H and O–H groups in total. The average molecular weight is 451 g/mol. The maximum Gasteiger partial charge on any atom is 0.294 e. The molecule has 2 aliphatic heterocycles. The van der Waals surface area contributed by atoms with Crippen LogP contribution < -0.4 is 9.47 Å². The van der Waals surface area contributed by atoms with E-state index in [4.69, 9.17) is 32.2 Å². The smallest absolute Gasteiger partial charge is 0.294 e. The first-order chi connectivity index (χ1) is 14.4. The fourth-order valence-corrected chi connectivity index (χ4v) is 4.02. The molecule has 2 aliphatic rings. The first-order valence-electron chi connectivity index (χ1n) is 8.99. The summed E-state index contributed by atoms with van der Waals surface area (Å²) in [4.78, 5) is 40.1. The Morgan fingerprint density at radius 3 is 2.77 bits per heavy atom. The van der Waals surface area contributed by atoms with Gasteiger partial charge in [0.05, 0.1) is 30.3 Å². The lowest BCUT2D eigenvalue weighted by molar-refractivity contribution is -0.139. The number of thioether (sulfide) groups is 1. The van der Waals surface area contributed by atoms with E-state index in [0.717, 1.165) is 16.7 Å². The van der Waals surface area contributed by atoms with Crippen LogP contribution in [0.15, 0.2) is 17.0 Å². The minimum absolute atomic E-state index is 0.0193. The quantitative estimate of drug-likeness (QED) is 0.485. The standard InChI is InChI=1S/C20H19ClN2O6S/c1-3-6-29-18-14(21)9-13(10-15(18)27-2)11-16-19(25)23(20(26)30-16)12-17(24)22-4-7-28-8-5-22/h1,9-11H,4-8,12H2,2H3/b16-11-. The van der Waals surface area contributed by atoms with Gasteiger partial charge in [-0.2, -0.15) is 0 Å². The van der Waals surface area contributed by atoms with Crippen molar-refractivity contribution in [3.63, 3.8) is 0 Å². The summed E-state index contributed by atoms with van der Waals surface area (Å²) in [5, 5.41) is -0.252. The van der Waals surface area contributed by atoms with Crippen LogP contribution in [0.3, 0.4) is 0 Å². The third-order valence-corrected chi connectivity index (χ3v) is 5.57. The van der Waals surface area contributed by atoms with Crippen molar-refractivity contribution < 1.29 is 28.6 Å². The molecule has 0 saturated carbocycles. The number of benzene rings is 1. The van der Waals surface area contributed by atoms with Gasteiger partial charge in [-0.3, -0.25) is 19.3 Å². The molecule has 3 rings (SSSR count). The molecule has 0 spiro atoms. The van der Waals surface area contributed by atoms with Crippen LogP contribution >= 0.6 is 23.4 Å². The Morgan fingerprint density at radius 1 is 1.37 bits per heavy atom. The molecule has 1 aromatic rings. The predicted octanol–water partition coefficient (Wildman–Crippen LogP) is 2.26. The number of carbonyl (C=O) groups is 3. The number of carbonyl (C=O) groups excluding carboxylic acids is 3. The van der Waals surface area contributed by atoms with Gasteiger partial charge in [-0.15, -0.1) is 6.42 Å². The second-order valence-electron chi connectivity index (χ2n) is 6.29. The van der Waals surface area contributed by atoms with E-state index in [1.165, 1.54) is 13.2 Å². The number of morpholine rings is 1. The van der Waals surface area contributed by atoms with Crippen LogP contribution in [0.1, 0.15) is 5.56 Å². The van der Waals surface area contributed by atoms with Crippen molar-refractivity contribution >= 4 is 46.5 Å². The maximum absolute atomic E-state index is 12.7. The first kappa shape index (κ1) is 22.0. The lowest BCUT2D eigenvalue weighted by Gasteiger charge is -2.28. The van der Waals surface area contributed by atoms with Gasteiger partial charge in [0, 0.05) is 13.1 Å². The molecule has 2 heterocycles. The number of methoxy groups -OCH3 is 1. The molecule has 0 unspecified atom stereocenters. The highest BCUT2D eigenvalue weighted by molar-refractivity contribution is 8.18. The van der Waals surface area contributed by atoms with Crippen molar-refractivity contribution in [1.82, 2.24) is 9.80 Å². The van der Waals surface area contributed by atoms with Gasteiger partial charge in [0.15, 0.2) is 11.5 Å². The van der Waals surface area contributed by atoms with E-state index in [2.05, 4.69) is 5.92 Å². The zero-order valence-corrected chi connectivity index (χ0v) is 17.8. The monoisotopic (exact) mass is 450 g/mol. The lowest BCUT2D eigenvalue weighted by Crippen LogP contribution is -2.46. The van der Waals surface area contributed by atoms with Gasteiger partial charge in [0.25, 0.3) is 11.1 Å². The summed E-state index contributed by atoms with van der Waals surface area (Å²) in [6.07, 6.45) is 6.72. The first-order valence-corrected chi connectivity index (χ1v) is 10.2. The predicted molar refractivity (Wildman–Crippen MR) is 112 cm³/mol. The number of amides is 3. The van der Waals surface area contributed by atoms with E-state index in [1.54, 1.807) is 17.0 Å². The van der Waals surface area contributed by atoms with Gasteiger partial charge < -0.3 is 19.1 Å². The van der Waals surface area contributed by atoms with Crippen LogP contribution in [-0.2, 0) is 14.3 Å². The van der Waals surface area contributed by atoms with Gasteiger partial charge in [0.1, 0.15) is 13.2 Å². The number of imide groups is 1. The third-order valence-electron chi connectivity index (χ3n) is 4.38. The number of ether oxygens (including phenoxy) is 3. The molecule has 3 amide bonds. The number of rotatable bonds is 6. The second-order valence-corrected chi connectivity index (χ2v) is 7.69. The van der Waals surface area contributed by atoms with Gasteiger partial charge in [0.2, 0.25) is 5.91 Å². The summed E-state index contributed by atoms with van der Waals surface area (Å²) in [6, 6.07) is 3.19. The molecule has 30 heavy (non-hydrogen) atoms. The summed E-state index contributed by atoms with van der Waals surface area (Å²) in [5.74, 6) is 2.15. The minimum Gasteiger partial charge on any atom is -0.493 e. The van der Waals surface area contributed by atoms with Crippen molar-refractivity contribution in [2.24, 2.45) is 0 Å². The Labute approximate surface area is 183 Å². The molecule has 0 radical (unpaired) electrons. The zero-order valence-electron chi connectivity index (χ0n) is 16.2. The minimum atomic E-state index is -0.533. The van der Waals surface area contributed by atoms with Crippen LogP contribution in [0.2, 0.25) is 5.02 Å². The Kier molecular flexibility index (Phi) is 7.26. The fraction of sp³-hybridized carbons (Fsp3) is 0.350. The normalized spacial score (nSPS) is 18.0. The topological polar surface area (TPSA) is 85.4 Å². The van der Waals surface area contributed by atoms with E-state index >= 15 is 0 Å². The van der Waals surface area contributed by atoms with E-state index < -0.39 is 11.1 Å². The van der Waals surface area contributed by atoms with E-state index in [9.17, 15) is 14.4 Å². The summed E-state index contributed by atoms with van der Waals surface area (Å²) in [6.45, 7) is 1.49. The molecule has 0 atom stereocenters. The Balaban J connectivity index is 1.77. The molecule has 158 valence electrons. The third kappa shape index (κ3) is 4.90. The van der Waals surface area contributed by atoms with Crippen LogP contribution in [0.5, 0.6) is 11.5 Å². The largest absolute Gasteiger partial charge is 0.493 e. The Hall–Kier alpha value is -2.67. The number of hydrogen-bond donors (Lipinski definition) is 0. The molecular weight excluding hydrogens is 432 g/mol. The highest BCUT2D eigenvalue weighted by Gasteiger charge is 2.37. The summed E-state index contributed by atoms with van der Waals surface area (Å²) < 4.78 is 15.9. The van der Waals surface area contributed by atoms with Crippen molar-refractivity contribution in [3.8, 4) is 23.8 Å². The van der Waals surface area contributed by atoms with E-state index in [1.807, 2.05) is 0 Å². The zero-order chi connectivity index (χ0) is 21.7. The number of terminal acetylenes is 1. The summed E-state index contributed by atoms with van der Waals surface area (Å²) >= 11 is 7.01. The highest BCUT2D eigenvalue weighted by atomic mass is 35.5. The van der Waals surface area contributed by atoms with Crippen LogP contribution in [-0.4, -0.2) is 73.4 Å². The van der Waals surface area contributed by atoms with Gasteiger partial charge in [-0.1, -0.05) is 17.5 Å². The van der Waals surface area contributed by atoms with Gasteiger partial charge in [-0.05, 0) is 35.5 Å². The second kappa shape index (κ2) is 9.89. The Bertz CT molecular complexity index is 936. The van der Waals surface area contributed by atoms with Gasteiger partial charge >= 0.3 is 0 Å². The fourth-order valence-electron chi connectivity index (χ4n) is 2.91. The number of hydrogen-bond acceptors (Lipinski definition) is 7. The molecule has 8 nitrogen and oxygen atoms in total. The van der Waals surface area contributed by atoms with Crippen LogP contribution in [0.4, 0.5) is 4.79 Å². The number of halogens is 1. The molecular formula is C20H19ClN2O6S. The molecule has 10 heteroatoms. The molecule has 0 aliphatic carbocycles. The van der Waals surface area contributed by atoms with Crippen molar-refractivity contribution in [2.45, 2.75) is 0 Å². The lowest BCUT2D eigenvalue weighted by atomic mass is 10.1. The average Bonchev–Trinajstić information content (AvgIpc) is 3.00. The molecule has 0 aromatic heterocycles. The number of nitrogens with zero attached hydrogens (tertiary/aromatic N) is 2. The van der Waals surface area contributed by atoms with Gasteiger partial charge in [-0.25, -0.2) is 0 Å². The summed E-state index contributed by atoms with van der Waals surface area (Å²) in [5.41, 5.74) is 0.537. The molecule has 2 saturated heterocycles. The molecule has 2 fully saturated rings. The molecule has 1 aromatic carbocycles. The Morgan fingerprint density at radius 2 is 2.10 bits per heavy atom. The maximum atomic E-state index is 12.7. The molecule has 0 bridgehead atoms. The van der Waals surface area contributed by atoms with Crippen LogP contribution in [0, 0.1) is 12.3 Å². The van der Waals surface area contributed by atoms with Crippen molar-refractivity contribution in [1.29, 1.82) is 0 Å². The van der Waals surface area contributed by atoms with Crippen molar-refractivity contribution in [2.75, 3.05) is 46.6 Å². The highest BCUT2D eigenvalue weighted by Crippen LogP contribution is 2.38. The van der Waals surface area contributed by atoms with E-state index in [0.29, 0.717) is 43.4 Å². The van der Waals surface area contributed by atoms with Crippen molar-refractivity contribution in [3.05, 3.63) is 27.6 Å². The van der Waals surface area contributed by atoms with Crippen LogP contribution in [0.25, 0.3) is 6.08 Å². The summed E-state index contributed by atoms with van der Waals surface area (Å²) in [7, 11) is 1.45. The SMILES string of the molecule is C#CCOc1c(Cl)cc(/C=C2\SC(=O)N(CC(=O)N3CCOCC3)C2=O)cc1OC. The van der Waals surface area contributed by atoms with E-state index in [-0.39, 0.29) is 29.0 Å².